The van der Waals surface area contributed by atoms with Gasteiger partial charge in [-0.15, -0.1) is 0 Å². The van der Waals surface area contributed by atoms with Gasteiger partial charge < -0.3 is 22.1 Å². The largest absolute Gasteiger partial charge is 0.383 e. The third-order valence-electron chi connectivity index (χ3n) is 6.12. The van der Waals surface area contributed by atoms with Crippen LogP contribution in [0.3, 0.4) is 0 Å². The lowest BCUT2D eigenvalue weighted by atomic mass is 9.80. The maximum absolute atomic E-state index is 12.3. The summed E-state index contributed by atoms with van der Waals surface area (Å²) in [5.74, 6) is 0.818. The summed E-state index contributed by atoms with van der Waals surface area (Å²) in [4.78, 5) is 23.5. The molecule has 2 saturated heterocycles. The molecule has 1 amide bonds. The van der Waals surface area contributed by atoms with Crippen molar-refractivity contribution in [1.29, 1.82) is 0 Å². The Morgan fingerprint density at radius 1 is 1.10 bits per heavy atom. The minimum Gasteiger partial charge on any atom is -0.383 e. The van der Waals surface area contributed by atoms with Gasteiger partial charge in [-0.05, 0) is 43.6 Å². The molecule has 1 aliphatic carbocycles. The maximum Gasteiger partial charge on any atom is 0.268 e. The Bertz CT molecular complexity index is 953. The fourth-order valence-electron chi connectivity index (χ4n) is 4.82. The van der Waals surface area contributed by atoms with Crippen LogP contribution >= 0.6 is 23.2 Å². The minimum atomic E-state index is -0.689. The highest BCUT2D eigenvalue weighted by Gasteiger charge is 2.31. The monoisotopic (exact) mass is 448 g/mol. The van der Waals surface area contributed by atoms with Crippen LogP contribution in [-0.4, -0.2) is 35.0 Å². The SMILES string of the molecule is NC(=O)c1nc(N2CC3CCCC(CC(N)C3)C2)nc(N)c1-c1cccc(Cl)c1Cl. The van der Waals surface area contributed by atoms with Gasteiger partial charge in [-0.25, -0.2) is 4.98 Å². The molecular weight excluding hydrogens is 423 g/mol. The number of anilines is 2. The van der Waals surface area contributed by atoms with Gasteiger partial charge in [-0.2, -0.15) is 4.98 Å². The summed E-state index contributed by atoms with van der Waals surface area (Å²) >= 11 is 12.5. The van der Waals surface area contributed by atoms with Crippen molar-refractivity contribution in [2.75, 3.05) is 23.7 Å². The van der Waals surface area contributed by atoms with Crippen molar-refractivity contribution < 1.29 is 4.79 Å². The summed E-state index contributed by atoms with van der Waals surface area (Å²) in [5.41, 5.74) is 19.2. The second-order valence-electron chi connectivity index (χ2n) is 8.40. The highest BCUT2D eigenvalue weighted by molar-refractivity contribution is 6.44. The molecule has 5 rings (SSSR count). The highest BCUT2D eigenvalue weighted by atomic mass is 35.5. The number of nitrogens with two attached hydrogens (primary N) is 3. The number of nitrogen functional groups attached to an aromatic ring is 1. The van der Waals surface area contributed by atoms with E-state index in [1.54, 1.807) is 18.2 Å². The van der Waals surface area contributed by atoms with Crippen molar-refractivity contribution in [2.45, 2.75) is 38.1 Å². The molecule has 3 heterocycles. The topological polar surface area (TPSA) is 124 Å². The van der Waals surface area contributed by atoms with Crippen molar-refractivity contribution in [3.63, 3.8) is 0 Å². The van der Waals surface area contributed by atoms with Crippen LogP contribution in [0.2, 0.25) is 10.0 Å². The first kappa shape index (κ1) is 21.2. The van der Waals surface area contributed by atoms with Crippen LogP contribution in [-0.2, 0) is 0 Å². The molecule has 2 aliphatic heterocycles. The lowest BCUT2D eigenvalue weighted by Crippen LogP contribution is -2.44. The molecule has 1 aromatic heterocycles. The van der Waals surface area contributed by atoms with E-state index in [0.29, 0.717) is 33.9 Å². The van der Waals surface area contributed by atoms with Crippen molar-refractivity contribution in [1.82, 2.24) is 9.97 Å². The number of rotatable bonds is 3. The van der Waals surface area contributed by atoms with E-state index >= 15 is 0 Å². The number of hydrogen-bond donors (Lipinski definition) is 3. The van der Waals surface area contributed by atoms with Gasteiger partial charge in [-0.3, -0.25) is 4.79 Å². The number of halogens is 2. The molecule has 1 aromatic carbocycles. The molecule has 160 valence electrons. The number of fused-ring (bicyclic) bond motifs is 6. The van der Waals surface area contributed by atoms with Crippen molar-refractivity contribution >= 4 is 40.9 Å². The van der Waals surface area contributed by atoms with Crippen molar-refractivity contribution in [3.8, 4) is 11.1 Å². The molecule has 2 atom stereocenters. The molecule has 2 aromatic rings. The zero-order chi connectivity index (χ0) is 21.4. The molecule has 9 heteroatoms. The third-order valence-corrected chi connectivity index (χ3v) is 6.94. The van der Waals surface area contributed by atoms with E-state index in [1.807, 2.05) is 0 Å². The quantitative estimate of drug-likeness (QED) is 0.659. The number of carbonyl (C=O) groups excluding carboxylic acids is 1. The first-order valence-electron chi connectivity index (χ1n) is 10.3. The smallest absolute Gasteiger partial charge is 0.268 e. The normalized spacial score (nSPS) is 24.2. The third kappa shape index (κ3) is 4.19. The van der Waals surface area contributed by atoms with E-state index in [9.17, 15) is 4.79 Å². The van der Waals surface area contributed by atoms with Gasteiger partial charge in [0.2, 0.25) is 5.95 Å². The summed E-state index contributed by atoms with van der Waals surface area (Å²) in [6.45, 7) is 1.58. The number of nitrogens with zero attached hydrogens (tertiary/aromatic N) is 3. The summed E-state index contributed by atoms with van der Waals surface area (Å²) in [6.07, 6.45) is 5.46. The number of hydrogen-bond acceptors (Lipinski definition) is 6. The summed E-state index contributed by atoms with van der Waals surface area (Å²) in [5, 5.41) is 0.625. The van der Waals surface area contributed by atoms with E-state index in [2.05, 4.69) is 14.9 Å². The van der Waals surface area contributed by atoms with Gasteiger partial charge >= 0.3 is 0 Å². The molecule has 30 heavy (non-hydrogen) atoms. The molecule has 3 fully saturated rings. The summed E-state index contributed by atoms with van der Waals surface area (Å²) in [6, 6.07) is 5.34. The van der Waals surface area contributed by atoms with Crippen LogP contribution in [0.1, 0.15) is 42.6 Å². The van der Waals surface area contributed by atoms with Crippen molar-refractivity contribution in [3.05, 3.63) is 33.9 Å². The van der Waals surface area contributed by atoms with Gasteiger partial charge in [0.05, 0.1) is 15.6 Å². The number of carbonyl (C=O) groups is 1. The standard InChI is InChI=1S/C21H26Cl2N6O/c22-15-6-2-5-14(17(15)23)16-18(20(26)30)27-21(28-19(16)25)29-9-11-3-1-4-12(10-29)8-13(24)7-11/h2,5-6,11-13H,1,3-4,7-10,24H2,(H2,26,30)(H2,25,27,28). The Labute approximate surface area is 185 Å². The van der Waals surface area contributed by atoms with Gasteiger partial charge in [0.1, 0.15) is 11.5 Å². The van der Waals surface area contributed by atoms with E-state index in [0.717, 1.165) is 38.8 Å². The molecule has 2 unspecified atom stereocenters. The van der Waals surface area contributed by atoms with E-state index in [-0.39, 0.29) is 22.6 Å². The summed E-state index contributed by atoms with van der Waals surface area (Å²) < 4.78 is 0. The van der Waals surface area contributed by atoms with Crippen LogP contribution in [0.4, 0.5) is 11.8 Å². The Balaban J connectivity index is 1.77. The van der Waals surface area contributed by atoms with Crippen LogP contribution in [0.25, 0.3) is 11.1 Å². The van der Waals surface area contributed by atoms with Gasteiger partial charge in [-0.1, -0.05) is 41.8 Å². The van der Waals surface area contributed by atoms with E-state index in [4.69, 9.17) is 40.4 Å². The fourth-order valence-corrected chi connectivity index (χ4v) is 5.22. The number of benzene rings is 1. The predicted octanol–water partition coefficient (Wildman–Crippen LogP) is 3.48. The average molecular weight is 449 g/mol. The van der Waals surface area contributed by atoms with Gasteiger partial charge in [0.25, 0.3) is 5.91 Å². The molecule has 7 nitrogen and oxygen atoms in total. The summed E-state index contributed by atoms with van der Waals surface area (Å²) in [7, 11) is 0. The Kier molecular flexibility index (Phi) is 6.04. The van der Waals surface area contributed by atoms with Crippen molar-refractivity contribution in [2.24, 2.45) is 23.3 Å². The molecule has 3 aliphatic rings. The maximum atomic E-state index is 12.3. The second kappa shape index (κ2) is 8.57. The van der Waals surface area contributed by atoms with Crippen LogP contribution in [0.5, 0.6) is 0 Å². The lowest BCUT2D eigenvalue weighted by Gasteiger charge is -2.39. The molecule has 0 radical (unpaired) electrons. The van der Waals surface area contributed by atoms with Gasteiger partial charge in [0.15, 0.2) is 0 Å². The van der Waals surface area contributed by atoms with E-state index in [1.165, 1.54) is 6.42 Å². The molecular formula is C21H26Cl2N6O. The zero-order valence-corrected chi connectivity index (χ0v) is 18.2. The average Bonchev–Trinajstić information content (AvgIpc) is 2.64. The molecule has 1 saturated carbocycles. The Morgan fingerprint density at radius 2 is 1.77 bits per heavy atom. The minimum absolute atomic E-state index is 0.0468. The number of aromatic nitrogens is 2. The zero-order valence-electron chi connectivity index (χ0n) is 16.7. The highest BCUT2D eigenvalue weighted by Crippen LogP contribution is 2.39. The molecule has 6 N–H and O–H groups in total. The first-order chi connectivity index (χ1) is 14.3. The predicted molar refractivity (Wildman–Crippen MR) is 121 cm³/mol. The number of primary amides is 1. The Morgan fingerprint density at radius 3 is 2.40 bits per heavy atom. The molecule has 0 spiro atoms. The van der Waals surface area contributed by atoms with Crippen LogP contribution in [0, 0.1) is 11.8 Å². The van der Waals surface area contributed by atoms with Gasteiger partial charge in [0, 0.05) is 24.7 Å². The Hall–Kier alpha value is -2.09. The second-order valence-corrected chi connectivity index (χ2v) is 9.18. The van der Waals surface area contributed by atoms with E-state index < -0.39 is 5.91 Å². The lowest BCUT2D eigenvalue weighted by molar-refractivity contribution is 0.0996. The van der Waals surface area contributed by atoms with Crippen LogP contribution < -0.4 is 22.1 Å². The first-order valence-corrected chi connectivity index (χ1v) is 11.0. The molecule has 2 bridgehead atoms. The number of amides is 1. The fraction of sp³-hybridized carbons (Fsp3) is 0.476. The van der Waals surface area contributed by atoms with Crippen LogP contribution in [0.15, 0.2) is 18.2 Å².